The Morgan fingerprint density at radius 2 is 1.86 bits per heavy atom. The van der Waals surface area contributed by atoms with Crippen LogP contribution in [0.3, 0.4) is 0 Å². The number of piperidine rings is 1. The zero-order valence-electron chi connectivity index (χ0n) is 20.2. The Bertz CT molecular complexity index is 1120. The van der Waals surface area contributed by atoms with Gasteiger partial charge in [0.05, 0.1) is 18.8 Å². The first kappa shape index (κ1) is 23.4. The van der Waals surface area contributed by atoms with Gasteiger partial charge in [0.2, 0.25) is 11.7 Å². The maximum absolute atomic E-state index is 12.7. The van der Waals surface area contributed by atoms with Crippen molar-refractivity contribution in [1.82, 2.24) is 25.3 Å². The van der Waals surface area contributed by atoms with Crippen molar-refractivity contribution in [3.05, 3.63) is 48.2 Å². The maximum Gasteiger partial charge on any atom is 0.261 e. The number of hydrogen-bond acceptors (Lipinski definition) is 8. The average Bonchev–Trinajstić information content (AvgIpc) is 3.40. The van der Waals surface area contributed by atoms with E-state index < -0.39 is 0 Å². The highest BCUT2D eigenvalue weighted by atomic mass is 16.5. The molecule has 184 valence electrons. The molecule has 0 unspecified atom stereocenters. The number of aryl methyl sites for hydroxylation is 1. The van der Waals surface area contributed by atoms with Crippen molar-refractivity contribution in [2.45, 2.75) is 19.8 Å². The van der Waals surface area contributed by atoms with E-state index in [1.54, 1.807) is 6.20 Å². The zero-order valence-corrected chi connectivity index (χ0v) is 20.2. The molecule has 1 aromatic carbocycles. The number of aromatic nitrogens is 3. The van der Waals surface area contributed by atoms with Crippen LogP contribution in [0, 0.1) is 12.8 Å². The fraction of sp³-hybridized carbons (Fsp3) is 0.462. The van der Waals surface area contributed by atoms with Crippen molar-refractivity contribution in [2.24, 2.45) is 5.92 Å². The number of carbonyl (C=O) groups excluding carboxylic acids is 1. The van der Waals surface area contributed by atoms with Crippen LogP contribution in [0.25, 0.3) is 22.8 Å². The van der Waals surface area contributed by atoms with Gasteiger partial charge >= 0.3 is 0 Å². The average molecular weight is 477 g/mol. The minimum absolute atomic E-state index is 0.0274. The van der Waals surface area contributed by atoms with Gasteiger partial charge in [-0.05, 0) is 31.9 Å². The van der Waals surface area contributed by atoms with Gasteiger partial charge in [0.25, 0.3) is 5.89 Å². The molecule has 9 nitrogen and oxygen atoms in total. The largest absolute Gasteiger partial charge is 0.379 e. The third-order valence-corrected chi connectivity index (χ3v) is 6.75. The van der Waals surface area contributed by atoms with Gasteiger partial charge < -0.3 is 19.5 Å². The maximum atomic E-state index is 12.7. The summed E-state index contributed by atoms with van der Waals surface area (Å²) in [4.78, 5) is 26.5. The number of hydrogen-bond donors (Lipinski definition) is 1. The van der Waals surface area contributed by atoms with Gasteiger partial charge in [-0.25, -0.2) is 4.98 Å². The van der Waals surface area contributed by atoms with Gasteiger partial charge in [-0.3, -0.25) is 9.69 Å². The van der Waals surface area contributed by atoms with E-state index in [1.165, 1.54) is 5.56 Å². The quantitative estimate of drug-likeness (QED) is 0.556. The van der Waals surface area contributed by atoms with Gasteiger partial charge in [-0.1, -0.05) is 35.0 Å². The molecule has 0 radical (unpaired) electrons. The van der Waals surface area contributed by atoms with E-state index in [4.69, 9.17) is 9.26 Å². The second kappa shape index (κ2) is 11.0. The molecule has 3 aromatic rings. The van der Waals surface area contributed by atoms with Gasteiger partial charge in [-0.15, -0.1) is 0 Å². The predicted octanol–water partition coefficient (Wildman–Crippen LogP) is 2.77. The standard InChI is InChI=1S/C26H32N6O3/c1-19-4-6-20(7-5-19)23-29-26(35-30-23)22-3-2-10-27-24(22)32-12-8-21(9-13-32)25(33)28-11-14-31-15-17-34-18-16-31/h2-7,10,21H,8-9,11-18H2,1H3,(H,28,33). The first-order chi connectivity index (χ1) is 17.2. The van der Waals surface area contributed by atoms with Crippen LogP contribution < -0.4 is 10.2 Å². The third kappa shape index (κ3) is 5.68. The summed E-state index contributed by atoms with van der Waals surface area (Å²) in [6, 6.07) is 11.9. The van der Waals surface area contributed by atoms with Gasteiger partial charge in [0.15, 0.2) is 0 Å². The number of pyridine rings is 1. The lowest BCUT2D eigenvalue weighted by atomic mass is 9.95. The fourth-order valence-electron chi connectivity index (χ4n) is 4.63. The molecule has 5 rings (SSSR count). The van der Waals surface area contributed by atoms with Crippen LogP contribution in [-0.2, 0) is 9.53 Å². The number of ether oxygens (including phenoxy) is 1. The van der Waals surface area contributed by atoms with E-state index >= 15 is 0 Å². The minimum Gasteiger partial charge on any atom is -0.379 e. The second-order valence-corrected chi connectivity index (χ2v) is 9.17. The van der Waals surface area contributed by atoms with E-state index in [1.807, 2.05) is 43.3 Å². The molecule has 1 N–H and O–H groups in total. The summed E-state index contributed by atoms with van der Waals surface area (Å²) >= 11 is 0. The lowest BCUT2D eigenvalue weighted by Gasteiger charge is -2.33. The zero-order chi connectivity index (χ0) is 24.0. The van der Waals surface area contributed by atoms with E-state index in [0.717, 1.165) is 75.7 Å². The van der Waals surface area contributed by atoms with Crippen LogP contribution in [0.15, 0.2) is 47.1 Å². The number of nitrogens with zero attached hydrogens (tertiary/aromatic N) is 5. The number of morpholine rings is 1. The van der Waals surface area contributed by atoms with Crippen LogP contribution in [0.1, 0.15) is 18.4 Å². The summed E-state index contributed by atoms with van der Waals surface area (Å²) < 4.78 is 11.0. The molecule has 2 aliphatic rings. The monoisotopic (exact) mass is 476 g/mol. The fourth-order valence-corrected chi connectivity index (χ4v) is 4.63. The molecule has 0 atom stereocenters. The molecule has 0 bridgehead atoms. The van der Waals surface area contributed by atoms with Crippen molar-refractivity contribution in [3.63, 3.8) is 0 Å². The second-order valence-electron chi connectivity index (χ2n) is 9.17. The number of anilines is 1. The molecule has 35 heavy (non-hydrogen) atoms. The van der Waals surface area contributed by atoms with Crippen molar-refractivity contribution in [2.75, 3.05) is 57.4 Å². The Kier molecular flexibility index (Phi) is 7.34. The van der Waals surface area contributed by atoms with Gasteiger partial charge in [-0.2, -0.15) is 4.98 Å². The molecule has 2 saturated heterocycles. The Morgan fingerprint density at radius 1 is 1.09 bits per heavy atom. The molecular weight excluding hydrogens is 444 g/mol. The smallest absolute Gasteiger partial charge is 0.261 e. The molecule has 0 spiro atoms. The van der Waals surface area contributed by atoms with Crippen molar-refractivity contribution >= 4 is 11.7 Å². The molecular formula is C26H32N6O3. The van der Waals surface area contributed by atoms with Crippen molar-refractivity contribution in [3.8, 4) is 22.8 Å². The molecule has 2 aromatic heterocycles. The molecule has 9 heteroatoms. The molecule has 2 aliphatic heterocycles. The van der Waals surface area contributed by atoms with E-state index in [9.17, 15) is 4.79 Å². The Hall–Kier alpha value is -3.30. The molecule has 0 aliphatic carbocycles. The SMILES string of the molecule is Cc1ccc(-c2noc(-c3cccnc3N3CCC(C(=O)NCCN4CCOCC4)CC3)n2)cc1. The molecule has 4 heterocycles. The van der Waals surface area contributed by atoms with Crippen LogP contribution in [-0.4, -0.2) is 78.4 Å². The molecule has 0 saturated carbocycles. The molecule has 2 fully saturated rings. The number of nitrogens with one attached hydrogen (secondary N) is 1. The first-order valence-corrected chi connectivity index (χ1v) is 12.4. The Labute approximate surface area is 205 Å². The number of benzene rings is 1. The minimum atomic E-state index is 0.0274. The van der Waals surface area contributed by atoms with Crippen LogP contribution in [0.4, 0.5) is 5.82 Å². The summed E-state index contributed by atoms with van der Waals surface area (Å²) in [6.07, 6.45) is 3.36. The first-order valence-electron chi connectivity index (χ1n) is 12.4. The van der Waals surface area contributed by atoms with E-state index in [2.05, 4.69) is 30.2 Å². The Morgan fingerprint density at radius 3 is 2.63 bits per heavy atom. The number of amides is 1. The summed E-state index contributed by atoms with van der Waals surface area (Å²) in [5, 5.41) is 7.30. The number of rotatable bonds is 7. The molecule has 1 amide bonds. The lowest BCUT2D eigenvalue weighted by Crippen LogP contribution is -2.44. The van der Waals surface area contributed by atoms with Crippen molar-refractivity contribution in [1.29, 1.82) is 0 Å². The highest BCUT2D eigenvalue weighted by Crippen LogP contribution is 2.32. The highest BCUT2D eigenvalue weighted by molar-refractivity contribution is 5.79. The summed E-state index contributed by atoms with van der Waals surface area (Å²) in [5.41, 5.74) is 2.91. The van der Waals surface area contributed by atoms with Crippen LogP contribution in [0.2, 0.25) is 0 Å². The highest BCUT2D eigenvalue weighted by Gasteiger charge is 2.28. The summed E-state index contributed by atoms with van der Waals surface area (Å²) in [5.74, 6) is 2.00. The normalized spacial score (nSPS) is 17.5. The third-order valence-electron chi connectivity index (χ3n) is 6.75. The topological polar surface area (TPSA) is 96.6 Å². The summed E-state index contributed by atoms with van der Waals surface area (Å²) in [7, 11) is 0. The van der Waals surface area contributed by atoms with Gasteiger partial charge in [0, 0.05) is 56.9 Å². The van der Waals surface area contributed by atoms with E-state index in [-0.39, 0.29) is 11.8 Å². The Balaban J connectivity index is 1.19. The van der Waals surface area contributed by atoms with Crippen LogP contribution >= 0.6 is 0 Å². The summed E-state index contributed by atoms with van der Waals surface area (Å²) in [6.45, 7) is 8.54. The lowest BCUT2D eigenvalue weighted by molar-refractivity contribution is -0.125. The van der Waals surface area contributed by atoms with E-state index in [0.29, 0.717) is 18.3 Å². The van der Waals surface area contributed by atoms with Crippen LogP contribution in [0.5, 0.6) is 0 Å². The van der Waals surface area contributed by atoms with Gasteiger partial charge in [0.1, 0.15) is 5.82 Å². The predicted molar refractivity (Wildman–Crippen MR) is 133 cm³/mol. The number of carbonyl (C=O) groups is 1. The van der Waals surface area contributed by atoms with Crippen molar-refractivity contribution < 1.29 is 14.1 Å².